The van der Waals surface area contributed by atoms with E-state index < -0.39 is 0 Å². The number of methoxy groups -OCH3 is 4. The van der Waals surface area contributed by atoms with Gasteiger partial charge in [-0.25, -0.2) is 0 Å². The van der Waals surface area contributed by atoms with Gasteiger partial charge in [0.1, 0.15) is 0 Å². The highest BCUT2D eigenvalue weighted by Crippen LogP contribution is 2.40. The van der Waals surface area contributed by atoms with Crippen LogP contribution < -0.4 is 37.9 Å². The second-order valence-corrected chi connectivity index (χ2v) is 21.1. The van der Waals surface area contributed by atoms with Gasteiger partial charge < -0.3 is 57.5 Å². The van der Waals surface area contributed by atoms with Gasteiger partial charge in [0.05, 0.1) is 89.5 Å². The lowest BCUT2D eigenvalue weighted by Gasteiger charge is -2.33. The Morgan fingerprint density at radius 2 is 0.805 bits per heavy atom. The molecule has 5 heterocycles. The molecule has 0 bridgehead atoms. The van der Waals surface area contributed by atoms with E-state index in [0.717, 1.165) is 114 Å². The fourth-order valence-corrected chi connectivity index (χ4v) is 10.9. The van der Waals surface area contributed by atoms with Crippen LogP contribution in [0.4, 0.5) is 11.4 Å². The third-order valence-electron chi connectivity index (χ3n) is 15.6. The fraction of sp³-hybridized carbons (Fsp3) is 0.469. The molecule has 3 saturated heterocycles. The first kappa shape index (κ1) is 58.6. The molecule has 4 amide bonds. The number of carbonyl (C=O) groups excluding carboxylic acids is 4. The lowest BCUT2D eigenvalue weighted by molar-refractivity contribution is -0.133. The Balaban J connectivity index is 0.618. The van der Waals surface area contributed by atoms with Gasteiger partial charge in [-0.15, -0.1) is 0 Å². The minimum absolute atomic E-state index is 0.00682. The van der Waals surface area contributed by atoms with Crippen LogP contribution in [0.15, 0.2) is 82.8 Å². The smallest absolute Gasteiger partial charge is 0.256 e. The average Bonchev–Trinajstić information content (AvgIpc) is 4.36. The largest absolute Gasteiger partial charge is 0.493 e. The number of fused-ring (bicyclic) bond motifs is 4. The highest BCUT2D eigenvalue weighted by Gasteiger charge is 2.34. The van der Waals surface area contributed by atoms with Crippen LogP contribution in [0, 0.1) is 0 Å². The Hall–Kier alpha value is -8.02. The van der Waals surface area contributed by atoms with Crippen molar-refractivity contribution in [1.29, 1.82) is 0 Å². The quantitative estimate of drug-likeness (QED) is 0.0389. The number of aliphatic imine (C=N–C) groups is 2. The van der Waals surface area contributed by atoms with Crippen molar-refractivity contribution in [3.63, 3.8) is 0 Å². The zero-order valence-corrected chi connectivity index (χ0v) is 47.9. The fourth-order valence-electron chi connectivity index (χ4n) is 10.9. The Bertz CT molecular complexity index is 2800. The Kier molecular flexibility index (Phi) is 20.8. The summed E-state index contributed by atoms with van der Waals surface area (Å²) in [7, 11) is 6.38. The molecule has 18 heteroatoms. The molecule has 5 aliphatic rings. The number of nitrogens with zero attached hydrogens (tertiary/aromatic N) is 6. The van der Waals surface area contributed by atoms with Crippen LogP contribution in [-0.2, 0) is 9.59 Å². The summed E-state index contributed by atoms with van der Waals surface area (Å²) in [6.45, 7) is 5.37. The third kappa shape index (κ3) is 14.9. The highest BCUT2D eigenvalue weighted by molar-refractivity contribution is 6.04. The number of hydrogen-bond donors (Lipinski definition) is 0. The molecule has 4 aromatic carbocycles. The van der Waals surface area contributed by atoms with E-state index in [1.165, 1.54) is 0 Å². The molecule has 436 valence electrons. The van der Waals surface area contributed by atoms with E-state index in [0.29, 0.717) is 121 Å². The zero-order chi connectivity index (χ0) is 57.2. The van der Waals surface area contributed by atoms with E-state index in [-0.39, 0.29) is 35.7 Å². The van der Waals surface area contributed by atoms with Crippen molar-refractivity contribution < 1.29 is 57.1 Å². The van der Waals surface area contributed by atoms with Crippen molar-refractivity contribution in [2.24, 2.45) is 9.98 Å². The first-order valence-electron chi connectivity index (χ1n) is 29.1. The van der Waals surface area contributed by atoms with Gasteiger partial charge >= 0.3 is 0 Å². The van der Waals surface area contributed by atoms with Crippen LogP contribution in [-0.4, -0.2) is 162 Å². The predicted molar refractivity (Wildman–Crippen MR) is 316 cm³/mol. The maximum absolute atomic E-state index is 13.2. The van der Waals surface area contributed by atoms with Crippen LogP contribution in [0.1, 0.15) is 122 Å². The molecule has 18 nitrogen and oxygen atoms in total. The summed E-state index contributed by atoms with van der Waals surface area (Å²) < 4.78 is 46.8. The Morgan fingerprint density at radius 3 is 1.18 bits per heavy atom. The van der Waals surface area contributed by atoms with Crippen molar-refractivity contribution in [3.8, 4) is 46.0 Å². The van der Waals surface area contributed by atoms with Crippen molar-refractivity contribution in [3.05, 3.63) is 95.1 Å². The standard InChI is InChI=1S/C64H78N6O12/c1-75-55-37-45(19-23-53(55)79-33-11-7-5-9-13-35-81-59-41-51-49(39-57(59)77-3)63(73)69-27-15-17-47(69)43-65-51)21-25-61(71)67-29-31-68(32-30-67)62(72)26-22-46-20-24-54(56(38-46)76-2)80-34-12-8-6-10-14-36-82-60-42-52-50(40-58(60)78-4)64(74)70-28-16-18-48(70)44-66-52/h19-26,37-44,47-48H,5-18,27-36H2,1-4H3/b25-21+,26-22+/t47-,48-/m0/s1. The maximum atomic E-state index is 13.2. The SMILES string of the molecule is COc1cc(/C=C/C(=O)N2CCN(C(=O)/C=C/c3ccc(OCCCCCCCOc4cc5c(cc4OC)C(=O)N4CCC[C@H]4C=N5)c(OC)c3)CC2)ccc1OCCCCCCCOc1cc2c(cc1OC)C(=O)N1CCC[C@H]1C=N2. The number of amides is 4. The summed E-state index contributed by atoms with van der Waals surface area (Å²) in [5.74, 6) is 4.49. The monoisotopic (exact) mass is 1120 g/mol. The van der Waals surface area contributed by atoms with Crippen molar-refractivity contribution in [2.75, 3.05) is 94.1 Å². The van der Waals surface area contributed by atoms with Gasteiger partial charge in [-0.3, -0.25) is 29.2 Å². The Labute approximate surface area is 481 Å². The highest BCUT2D eigenvalue weighted by atomic mass is 16.5. The summed E-state index contributed by atoms with van der Waals surface area (Å²) >= 11 is 0. The average molecular weight is 1120 g/mol. The van der Waals surface area contributed by atoms with Crippen LogP contribution in [0.5, 0.6) is 46.0 Å². The minimum atomic E-state index is -0.123. The first-order valence-corrected chi connectivity index (χ1v) is 29.1. The molecule has 9 rings (SSSR count). The van der Waals surface area contributed by atoms with Crippen molar-refractivity contribution >= 4 is 59.6 Å². The molecule has 0 aromatic heterocycles. The van der Waals surface area contributed by atoms with Gasteiger partial charge in [0.2, 0.25) is 11.8 Å². The molecule has 4 aromatic rings. The molecule has 0 aliphatic carbocycles. The van der Waals surface area contributed by atoms with Gasteiger partial charge in [-0.05, 0) is 111 Å². The van der Waals surface area contributed by atoms with Crippen molar-refractivity contribution in [2.45, 2.75) is 102 Å². The van der Waals surface area contributed by atoms with Gasteiger partial charge in [0, 0.05) is 76.0 Å². The summed E-state index contributed by atoms with van der Waals surface area (Å²) in [6, 6.07) is 18.5. The van der Waals surface area contributed by atoms with Crippen LogP contribution in [0.2, 0.25) is 0 Å². The van der Waals surface area contributed by atoms with E-state index in [1.807, 2.05) is 70.8 Å². The van der Waals surface area contributed by atoms with Gasteiger partial charge in [0.15, 0.2) is 46.0 Å². The normalized spacial score (nSPS) is 17.3. The van der Waals surface area contributed by atoms with Crippen LogP contribution in [0.25, 0.3) is 12.2 Å². The summed E-state index contributed by atoms with van der Waals surface area (Å²) in [4.78, 5) is 69.3. The molecule has 0 unspecified atom stereocenters. The summed E-state index contributed by atoms with van der Waals surface area (Å²) in [5, 5.41) is 0. The number of unbranched alkanes of at least 4 members (excludes halogenated alkanes) is 8. The van der Waals surface area contributed by atoms with E-state index in [2.05, 4.69) is 9.98 Å². The second kappa shape index (κ2) is 29.1. The minimum Gasteiger partial charge on any atom is -0.493 e. The number of carbonyl (C=O) groups is 4. The van der Waals surface area contributed by atoms with Crippen LogP contribution >= 0.6 is 0 Å². The molecule has 5 aliphatic heterocycles. The van der Waals surface area contributed by atoms with Gasteiger partial charge in [0.25, 0.3) is 11.8 Å². The molecule has 0 spiro atoms. The van der Waals surface area contributed by atoms with E-state index in [9.17, 15) is 19.2 Å². The molecule has 3 fully saturated rings. The number of benzene rings is 4. The lowest BCUT2D eigenvalue weighted by Crippen LogP contribution is -2.49. The predicted octanol–water partition coefficient (Wildman–Crippen LogP) is 10.6. The second-order valence-electron chi connectivity index (χ2n) is 21.1. The zero-order valence-electron chi connectivity index (χ0n) is 47.9. The molecule has 0 radical (unpaired) electrons. The molecular weight excluding hydrogens is 1040 g/mol. The lowest BCUT2D eigenvalue weighted by atomic mass is 10.1. The number of rotatable bonds is 28. The third-order valence-corrected chi connectivity index (χ3v) is 15.6. The topological polar surface area (TPSA) is 180 Å². The van der Waals surface area contributed by atoms with Crippen LogP contribution in [0.3, 0.4) is 0 Å². The first-order chi connectivity index (χ1) is 40.1. The maximum Gasteiger partial charge on any atom is 0.256 e. The Morgan fingerprint density at radius 1 is 0.451 bits per heavy atom. The van der Waals surface area contributed by atoms with Gasteiger partial charge in [-0.1, -0.05) is 50.7 Å². The molecule has 2 atom stereocenters. The number of hydrogen-bond acceptors (Lipinski definition) is 14. The molecular formula is C64H78N6O12. The molecule has 0 saturated carbocycles. The van der Waals surface area contributed by atoms with Crippen molar-refractivity contribution in [1.82, 2.24) is 19.6 Å². The van der Waals surface area contributed by atoms with E-state index in [1.54, 1.807) is 74.7 Å². The summed E-state index contributed by atoms with van der Waals surface area (Å²) in [6.07, 6.45) is 23.9. The number of ether oxygens (including phenoxy) is 8. The van der Waals surface area contributed by atoms with Gasteiger partial charge in [-0.2, -0.15) is 0 Å². The molecule has 82 heavy (non-hydrogen) atoms. The molecule has 0 N–H and O–H groups in total. The van der Waals surface area contributed by atoms with E-state index >= 15 is 0 Å². The summed E-state index contributed by atoms with van der Waals surface area (Å²) in [5.41, 5.74) is 3.97. The van der Waals surface area contributed by atoms with E-state index in [4.69, 9.17) is 37.9 Å². The number of piperazine rings is 1.